The van der Waals surface area contributed by atoms with Crippen LogP contribution < -0.4 is 0 Å². The van der Waals surface area contributed by atoms with Crippen LogP contribution in [0.5, 0.6) is 0 Å². The molecular weight excluding hydrogens is 235 g/mol. The summed E-state index contributed by atoms with van der Waals surface area (Å²) in [5.74, 6) is -0.215. The van der Waals surface area contributed by atoms with Crippen LogP contribution in [-0.2, 0) is 15.4 Å². The summed E-state index contributed by atoms with van der Waals surface area (Å²) >= 11 is 11.7. The number of methoxy groups -OCH3 is 1. The van der Waals surface area contributed by atoms with E-state index in [-0.39, 0.29) is 11.9 Å². The van der Waals surface area contributed by atoms with Crippen LogP contribution in [0.25, 0.3) is 0 Å². The number of halogens is 2. The third-order valence-electron chi connectivity index (χ3n) is 2.28. The van der Waals surface area contributed by atoms with E-state index in [2.05, 4.69) is 4.74 Å². The zero-order valence-electron chi connectivity index (χ0n) is 8.59. The van der Waals surface area contributed by atoms with E-state index in [1.165, 1.54) is 7.11 Å². The molecule has 0 aliphatic carbocycles. The van der Waals surface area contributed by atoms with Gasteiger partial charge in [0.25, 0.3) is 0 Å². The van der Waals surface area contributed by atoms with Crippen LogP contribution in [0, 0.1) is 0 Å². The SMILES string of the molecule is COC(=O)C(C)c1ccc(CCl)c(Cl)c1. The first-order chi connectivity index (χ1) is 7.10. The topological polar surface area (TPSA) is 26.3 Å². The Morgan fingerprint density at radius 1 is 1.53 bits per heavy atom. The molecule has 1 aromatic rings. The fraction of sp³-hybridized carbons (Fsp3) is 0.364. The van der Waals surface area contributed by atoms with Crippen LogP contribution in [0.2, 0.25) is 5.02 Å². The van der Waals surface area contributed by atoms with Crippen molar-refractivity contribution < 1.29 is 9.53 Å². The zero-order valence-corrected chi connectivity index (χ0v) is 10.1. The number of hydrogen-bond donors (Lipinski definition) is 0. The Kier molecular flexibility index (Phi) is 4.43. The molecule has 0 saturated carbocycles. The van der Waals surface area contributed by atoms with Gasteiger partial charge < -0.3 is 4.74 Å². The van der Waals surface area contributed by atoms with Crippen LogP contribution in [0.1, 0.15) is 24.0 Å². The van der Waals surface area contributed by atoms with E-state index >= 15 is 0 Å². The van der Waals surface area contributed by atoms with Gasteiger partial charge in [-0.15, -0.1) is 11.6 Å². The number of benzene rings is 1. The van der Waals surface area contributed by atoms with Gasteiger partial charge in [0.15, 0.2) is 0 Å². The molecule has 0 heterocycles. The standard InChI is InChI=1S/C11H12Cl2O2/c1-7(11(14)15-2)8-3-4-9(6-12)10(13)5-8/h3-5,7H,6H2,1-2H3. The normalized spacial score (nSPS) is 12.3. The molecule has 4 heteroatoms. The second-order valence-electron chi connectivity index (χ2n) is 3.23. The molecule has 1 aromatic carbocycles. The van der Waals surface area contributed by atoms with Gasteiger partial charge in [-0.3, -0.25) is 4.79 Å². The number of carbonyl (C=O) groups excluding carboxylic acids is 1. The van der Waals surface area contributed by atoms with Gasteiger partial charge in [0, 0.05) is 10.9 Å². The van der Waals surface area contributed by atoms with Crippen molar-refractivity contribution in [1.29, 1.82) is 0 Å². The molecule has 15 heavy (non-hydrogen) atoms. The molecule has 1 atom stereocenters. The molecule has 0 aliphatic rings. The Morgan fingerprint density at radius 3 is 2.67 bits per heavy atom. The Labute approximate surface area is 99.1 Å². The lowest BCUT2D eigenvalue weighted by Crippen LogP contribution is -2.10. The maximum absolute atomic E-state index is 11.3. The highest BCUT2D eigenvalue weighted by Crippen LogP contribution is 2.24. The molecular formula is C11H12Cl2O2. The summed E-state index contributed by atoms with van der Waals surface area (Å²) in [6.45, 7) is 1.78. The first kappa shape index (κ1) is 12.3. The lowest BCUT2D eigenvalue weighted by Gasteiger charge is -2.10. The van der Waals surface area contributed by atoms with Gasteiger partial charge in [-0.1, -0.05) is 23.7 Å². The van der Waals surface area contributed by atoms with Gasteiger partial charge in [0.05, 0.1) is 13.0 Å². The van der Waals surface area contributed by atoms with E-state index in [0.717, 1.165) is 11.1 Å². The lowest BCUT2D eigenvalue weighted by molar-refractivity contribution is -0.141. The first-order valence-corrected chi connectivity index (χ1v) is 5.43. The first-order valence-electron chi connectivity index (χ1n) is 4.52. The molecule has 0 aliphatic heterocycles. The molecule has 0 saturated heterocycles. The van der Waals surface area contributed by atoms with E-state index in [1.54, 1.807) is 13.0 Å². The smallest absolute Gasteiger partial charge is 0.312 e. The van der Waals surface area contributed by atoms with Gasteiger partial charge in [-0.05, 0) is 24.1 Å². The summed E-state index contributed by atoms with van der Waals surface area (Å²) in [5.41, 5.74) is 1.69. The van der Waals surface area contributed by atoms with E-state index < -0.39 is 0 Å². The van der Waals surface area contributed by atoms with Crippen LogP contribution in [0.4, 0.5) is 0 Å². The van der Waals surface area contributed by atoms with E-state index in [9.17, 15) is 4.79 Å². The molecule has 82 valence electrons. The van der Waals surface area contributed by atoms with Gasteiger partial charge in [0.2, 0.25) is 0 Å². The quantitative estimate of drug-likeness (QED) is 0.604. The molecule has 1 rings (SSSR count). The van der Waals surface area contributed by atoms with E-state index in [0.29, 0.717) is 10.9 Å². The van der Waals surface area contributed by atoms with Crippen molar-refractivity contribution in [1.82, 2.24) is 0 Å². The third kappa shape index (κ3) is 2.86. The van der Waals surface area contributed by atoms with Crippen molar-refractivity contribution in [2.24, 2.45) is 0 Å². The Hall–Kier alpha value is -0.730. The minimum absolute atomic E-state index is 0.273. The molecule has 0 bridgehead atoms. The highest BCUT2D eigenvalue weighted by molar-refractivity contribution is 6.32. The minimum atomic E-state index is -0.308. The fourth-order valence-electron chi connectivity index (χ4n) is 1.25. The molecule has 0 spiro atoms. The number of rotatable bonds is 3. The average Bonchev–Trinajstić information content (AvgIpc) is 2.26. The summed E-state index contributed by atoms with van der Waals surface area (Å²) in [6.07, 6.45) is 0. The predicted octanol–water partition coefficient (Wildman–Crippen LogP) is 3.36. The van der Waals surface area contributed by atoms with Gasteiger partial charge in [0.1, 0.15) is 0 Å². The molecule has 0 amide bonds. The number of alkyl halides is 1. The van der Waals surface area contributed by atoms with Gasteiger partial charge >= 0.3 is 5.97 Å². The molecule has 2 nitrogen and oxygen atoms in total. The van der Waals surface area contributed by atoms with Crippen molar-refractivity contribution in [3.05, 3.63) is 34.3 Å². The minimum Gasteiger partial charge on any atom is -0.469 e. The maximum atomic E-state index is 11.3. The third-order valence-corrected chi connectivity index (χ3v) is 2.92. The van der Waals surface area contributed by atoms with E-state index in [1.807, 2.05) is 12.1 Å². The van der Waals surface area contributed by atoms with Crippen molar-refractivity contribution in [2.75, 3.05) is 7.11 Å². The van der Waals surface area contributed by atoms with Crippen LogP contribution >= 0.6 is 23.2 Å². The molecule has 0 radical (unpaired) electrons. The van der Waals surface area contributed by atoms with Crippen molar-refractivity contribution in [3.63, 3.8) is 0 Å². The molecule has 0 N–H and O–H groups in total. The molecule has 0 aromatic heterocycles. The number of ether oxygens (including phenoxy) is 1. The largest absolute Gasteiger partial charge is 0.469 e. The second-order valence-corrected chi connectivity index (χ2v) is 3.90. The monoisotopic (exact) mass is 246 g/mol. The van der Waals surface area contributed by atoms with Gasteiger partial charge in [-0.25, -0.2) is 0 Å². The lowest BCUT2D eigenvalue weighted by atomic mass is 10.0. The summed E-state index contributed by atoms with van der Waals surface area (Å²) in [7, 11) is 1.37. The molecule has 1 unspecified atom stereocenters. The maximum Gasteiger partial charge on any atom is 0.312 e. The highest BCUT2D eigenvalue weighted by Gasteiger charge is 2.16. The fourth-order valence-corrected chi connectivity index (χ4v) is 1.81. The van der Waals surface area contributed by atoms with E-state index in [4.69, 9.17) is 23.2 Å². The van der Waals surface area contributed by atoms with Crippen molar-refractivity contribution in [2.45, 2.75) is 18.7 Å². The number of esters is 1. The summed E-state index contributed by atoms with van der Waals surface area (Å²) in [5, 5.41) is 0.582. The summed E-state index contributed by atoms with van der Waals surface area (Å²) in [6, 6.07) is 5.41. The summed E-state index contributed by atoms with van der Waals surface area (Å²) in [4.78, 5) is 11.3. The predicted molar refractivity (Wildman–Crippen MR) is 61.4 cm³/mol. The Morgan fingerprint density at radius 2 is 2.20 bits per heavy atom. The average molecular weight is 247 g/mol. The second kappa shape index (κ2) is 5.38. The van der Waals surface area contributed by atoms with Crippen LogP contribution in [0.3, 0.4) is 0 Å². The number of hydrogen-bond acceptors (Lipinski definition) is 2. The Balaban J connectivity index is 2.97. The number of carbonyl (C=O) groups is 1. The highest BCUT2D eigenvalue weighted by atomic mass is 35.5. The zero-order chi connectivity index (χ0) is 11.4. The summed E-state index contributed by atoms with van der Waals surface area (Å²) < 4.78 is 4.65. The Bertz CT molecular complexity index is 364. The molecule has 0 fully saturated rings. The van der Waals surface area contributed by atoms with Crippen molar-refractivity contribution in [3.8, 4) is 0 Å². The van der Waals surface area contributed by atoms with Crippen LogP contribution in [-0.4, -0.2) is 13.1 Å². The van der Waals surface area contributed by atoms with Gasteiger partial charge in [-0.2, -0.15) is 0 Å². The van der Waals surface area contributed by atoms with Crippen LogP contribution in [0.15, 0.2) is 18.2 Å². The van der Waals surface area contributed by atoms with Crippen molar-refractivity contribution >= 4 is 29.2 Å².